The number of rotatable bonds is 37. The first-order chi connectivity index (χ1) is 21.1. The van der Waals surface area contributed by atoms with Gasteiger partial charge in [-0.3, -0.25) is 0 Å². The van der Waals surface area contributed by atoms with Gasteiger partial charge in [-0.05, 0) is 32.6 Å². The van der Waals surface area contributed by atoms with Gasteiger partial charge in [-0.2, -0.15) is 0 Å². The SMILES string of the molecule is CCCCCCCCCCCCCCCCCC[N+](CC)(CCCCCCCCCCCCCCCCCC)CC(C)C. The van der Waals surface area contributed by atoms with Gasteiger partial charge in [0.25, 0.3) is 0 Å². The van der Waals surface area contributed by atoms with Gasteiger partial charge in [-0.1, -0.05) is 207 Å². The fourth-order valence-electron chi connectivity index (χ4n) is 7.50. The molecule has 0 aromatic carbocycles. The third-order valence-electron chi connectivity index (χ3n) is 10.4. The van der Waals surface area contributed by atoms with Crippen molar-refractivity contribution >= 4 is 0 Å². The summed E-state index contributed by atoms with van der Waals surface area (Å²) in [6.07, 6.45) is 47.0. The summed E-state index contributed by atoms with van der Waals surface area (Å²) in [5.74, 6) is 0.821. The lowest BCUT2D eigenvalue weighted by Gasteiger charge is -2.39. The van der Waals surface area contributed by atoms with Gasteiger partial charge in [0.15, 0.2) is 0 Å². The van der Waals surface area contributed by atoms with Crippen molar-refractivity contribution in [2.24, 2.45) is 5.92 Å². The third-order valence-corrected chi connectivity index (χ3v) is 10.4. The van der Waals surface area contributed by atoms with Crippen molar-refractivity contribution < 1.29 is 4.48 Å². The van der Waals surface area contributed by atoms with Crippen LogP contribution in [0.2, 0.25) is 0 Å². The van der Waals surface area contributed by atoms with E-state index in [2.05, 4.69) is 34.6 Å². The molecule has 0 aliphatic rings. The van der Waals surface area contributed by atoms with Gasteiger partial charge in [0.05, 0.1) is 26.2 Å². The molecule has 43 heavy (non-hydrogen) atoms. The Morgan fingerprint density at radius 1 is 0.302 bits per heavy atom. The Morgan fingerprint density at radius 2 is 0.512 bits per heavy atom. The molecule has 0 aromatic rings. The summed E-state index contributed by atoms with van der Waals surface area (Å²) in [5.41, 5.74) is 0. The lowest BCUT2D eigenvalue weighted by Crippen LogP contribution is -2.51. The van der Waals surface area contributed by atoms with Crippen LogP contribution in [0.3, 0.4) is 0 Å². The lowest BCUT2D eigenvalue weighted by molar-refractivity contribution is -0.929. The van der Waals surface area contributed by atoms with Crippen LogP contribution in [0.25, 0.3) is 0 Å². The van der Waals surface area contributed by atoms with Gasteiger partial charge in [0, 0.05) is 5.92 Å². The lowest BCUT2D eigenvalue weighted by atomic mass is 10.0. The molecular formula is C42H88N+. The standard InChI is InChI=1S/C42H88N/c1-6-9-11-13-15-17-19-21-23-25-27-29-31-33-35-37-39-43(8-3,41-42(4)5)40-38-36-34-32-30-28-26-24-22-20-18-16-14-12-10-7-2/h42H,6-41H2,1-5H3/q+1. The average molecular weight is 607 g/mol. The highest BCUT2D eigenvalue weighted by Gasteiger charge is 2.25. The summed E-state index contributed by atoms with van der Waals surface area (Å²) < 4.78 is 1.40. The third kappa shape index (κ3) is 31.7. The molecule has 0 saturated carbocycles. The van der Waals surface area contributed by atoms with Crippen LogP contribution >= 0.6 is 0 Å². The van der Waals surface area contributed by atoms with Gasteiger partial charge in [-0.15, -0.1) is 0 Å². The second-order valence-corrected chi connectivity index (χ2v) is 15.3. The van der Waals surface area contributed by atoms with Gasteiger partial charge < -0.3 is 4.48 Å². The molecule has 0 atom stereocenters. The minimum absolute atomic E-state index is 0.821. The summed E-state index contributed by atoms with van der Waals surface area (Å²) in [4.78, 5) is 0. The van der Waals surface area contributed by atoms with Crippen LogP contribution in [-0.4, -0.2) is 30.7 Å². The van der Waals surface area contributed by atoms with Crippen molar-refractivity contribution in [3.05, 3.63) is 0 Å². The van der Waals surface area contributed by atoms with E-state index in [1.54, 1.807) is 0 Å². The Kier molecular flexibility index (Phi) is 34.8. The molecule has 260 valence electrons. The molecule has 0 aliphatic heterocycles. The fraction of sp³-hybridized carbons (Fsp3) is 1.00. The van der Waals surface area contributed by atoms with E-state index < -0.39 is 0 Å². The van der Waals surface area contributed by atoms with Crippen molar-refractivity contribution in [1.82, 2.24) is 0 Å². The second-order valence-electron chi connectivity index (χ2n) is 15.3. The predicted molar refractivity (Wildman–Crippen MR) is 199 cm³/mol. The summed E-state index contributed by atoms with van der Waals surface area (Å²) in [7, 11) is 0. The van der Waals surface area contributed by atoms with E-state index in [1.807, 2.05) is 0 Å². The Bertz CT molecular complexity index is 461. The fourth-order valence-corrected chi connectivity index (χ4v) is 7.50. The quantitative estimate of drug-likeness (QED) is 0.0487. The van der Waals surface area contributed by atoms with Crippen LogP contribution in [0.5, 0.6) is 0 Å². The van der Waals surface area contributed by atoms with Crippen molar-refractivity contribution in [2.75, 3.05) is 26.2 Å². The monoisotopic (exact) mass is 607 g/mol. The average Bonchev–Trinajstić information content (AvgIpc) is 3.00. The molecule has 0 N–H and O–H groups in total. The molecule has 1 heteroatoms. The molecule has 0 aromatic heterocycles. The molecule has 0 unspecified atom stereocenters. The smallest absolute Gasteiger partial charge is 0.0809 e. The van der Waals surface area contributed by atoms with E-state index in [4.69, 9.17) is 0 Å². The van der Waals surface area contributed by atoms with E-state index >= 15 is 0 Å². The van der Waals surface area contributed by atoms with Crippen molar-refractivity contribution in [3.63, 3.8) is 0 Å². The largest absolute Gasteiger partial charge is 0.324 e. The number of hydrogen-bond donors (Lipinski definition) is 0. The number of nitrogens with zero attached hydrogens (tertiary/aromatic N) is 1. The summed E-state index contributed by atoms with van der Waals surface area (Å²) >= 11 is 0. The Balaban J connectivity index is 3.72. The molecule has 0 radical (unpaired) electrons. The molecule has 0 rings (SSSR count). The number of quaternary nitrogens is 1. The summed E-state index contributed by atoms with van der Waals surface area (Å²) in [6, 6.07) is 0. The number of hydrogen-bond acceptors (Lipinski definition) is 0. The second kappa shape index (κ2) is 34.8. The van der Waals surface area contributed by atoms with Crippen LogP contribution in [-0.2, 0) is 0 Å². The van der Waals surface area contributed by atoms with Crippen LogP contribution in [0.15, 0.2) is 0 Å². The molecular weight excluding hydrogens is 518 g/mol. The maximum absolute atomic E-state index is 2.47. The molecule has 0 bridgehead atoms. The van der Waals surface area contributed by atoms with Crippen molar-refractivity contribution in [2.45, 2.75) is 240 Å². The Hall–Kier alpha value is -0.0400. The van der Waals surface area contributed by atoms with Crippen LogP contribution in [0.1, 0.15) is 240 Å². The maximum Gasteiger partial charge on any atom is 0.0809 e. The highest BCUT2D eigenvalue weighted by Crippen LogP contribution is 2.19. The predicted octanol–water partition coefficient (Wildman–Crippen LogP) is 15.0. The summed E-state index contributed by atoms with van der Waals surface area (Å²) in [5, 5.41) is 0. The van der Waals surface area contributed by atoms with Gasteiger partial charge in [-0.25, -0.2) is 0 Å². The molecule has 0 spiro atoms. The zero-order chi connectivity index (χ0) is 31.5. The van der Waals surface area contributed by atoms with Gasteiger partial charge in [0.1, 0.15) is 0 Å². The molecule has 0 fully saturated rings. The Morgan fingerprint density at radius 3 is 0.698 bits per heavy atom. The molecule has 0 heterocycles. The van der Waals surface area contributed by atoms with E-state index in [-0.39, 0.29) is 0 Å². The zero-order valence-electron chi connectivity index (χ0n) is 31.5. The molecule has 1 nitrogen and oxygen atoms in total. The van der Waals surface area contributed by atoms with E-state index in [9.17, 15) is 0 Å². The van der Waals surface area contributed by atoms with Gasteiger partial charge in [0.2, 0.25) is 0 Å². The molecule has 0 amide bonds. The van der Waals surface area contributed by atoms with Crippen LogP contribution in [0, 0.1) is 5.92 Å². The van der Waals surface area contributed by atoms with Crippen LogP contribution in [0.4, 0.5) is 0 Å². The van der Waals surface area contributed by atoms with Gasteiger partial charge >= 0.3 is 0 Å². The normalized spacial score (nSPS) is 12.1. The number of unbranched alkanes of at least 4 members (excludes halogenated alkanes) is 30. The minimum Gasteiger partial charge on any atom is -0.324 e. The highest BCUT2D eigenvalue weighted by molar-refractivity contribution is 4.55. The molecule has 0 aliphatic carbocycles. The Labute approximate surface area is 276 Å². The first-order valence-corrected chi connectivity index (χ1v) is 20.9. The van der Waals surface area contributed by atoms with Crippen LogP contribution < -0.4 is 0 Å². The van der Waals surface area contributed by atoms with E-state index in [1.165, 1.54) is 236 Å². The first-order valence-electron chi connectivity index (χ1n) is 20.9. The van der Waals surface area contributed by atoms with E-state index in [0.29, 0.717) is 0 Å². The molecule has 0 saturated heterocycles. The zero-order valence-corrected chi connectivity index (χ0v) is 31.5. The topological polar surface area (TPSA) is 0 Å². The van der Waals surface area contributed by atoms with Crippen molar-refractivity contribution in [3.8, 4) is 0 Å². The minimum atomic E-state index is 0.821. The summed E-state index contributed by atoms with van der Waals surface area (Å²) in [6.45, 7) is 17.6. The first kappa shape index (κ1) is 43.0. The highest BCUT2D eigenvalue weighted by atomic mass is 15.3. The van der Waals surface area contributed by atoms with E-state index in [0.717, 1.165) is 5.92 Å². The maximum atomic E-state index is 2.47. The van der Waals surface area contributed by atoms with Crippen molar-refractivity contribution in [1.29, 1.82) is 0 Å².